The lowest BCUT2D eigenvalue weighted by Crippen LogP contribution is -2.40. The minimum Gasteiger partial charge on any atom is -0.351 e. The maximum absolute atomic E-state index is 12.9. The number of nitrogens with zero attached hydrogens (tertiary/aromatic N) is 5. The molecule has 1 aromatic carbocycles. The van der Waals surface area contributed by atoms with Crippen molar-refractivity contribution in [2.75, 3.05) is 10.6 Å². The van der Waals surface area contributed by atoms with Crippen molar-refractivity contribution in [3.05, 3.63) is 47.3 Å². The van der Waals surface area contributed by atoms with Gasteiger partial charge in [-0.1, -0.05) is 12.1 Å². The number of aromatic nitrogens is 4. The molecule has 0 unspecified atom stereocenters. The van der Waals surface area contributed by atoms with Gasteiger partial charge < -0.3 is 16.0 Å². The number of amides is 3. The van der Waals surface area contributed by atoms with Gasteiger partial charge in [0.25, 0.3) is 5.91 Å². The van der Waals surface area contributed by atoms with Gasteiger partial charge in [0, 0.05) is 23.7 Å². The number of carbonyl (C=O) groups excluding carboxylic acids is 2. The van der Waals surface area contributed by atoms with E-state index in [9.17, 15) is 23.3 Å². The van der Waals surface area contributed by atoms with Crippen LogP contribution in [0.15, 0.2) is 41.1 Å². The fraction of sp³-hybridized carbons (Fsp3) is 0.360. The van der Waals surface area contributed by atoms with E-state index < -0.39 is 22.0 Å². The Balaban J connectivity index is 1.17. The third kappa shape index (κ3) is 5.31. The molecule has 15 heteroatoms. The predicted octanol–water partition coefficient (Wildman–Crippen LogP) is 1.45. The molecule has 14 nitrogen and oxygen atoms in total. The zero-order valence-corrected chi connectivity index (χ0v) is 22.0. The topological polar surface area (TPSA) is 195 Å². The Morgan fingerprint density at radius 1 is 0.975 bits per heavy atom. The maximum Gasteiger partial charge on any atom is 0.326 e. The van der Waals surface area contributed by atoms with E-state index >= 15 is 0 Å². The maximum atomic E-state index is 12.9. The van der Waals surface area contributed by atoms with Gasteiger partial charge in [0.2, 0.25) is 21.9 Å². The summed E-state index contributed by atoms with van der Waals surface area (Å²) in [5.74, 6) is 0.358. The van der Waals surface area contributed by atoms with E-state index in [0.717, 1.165) is 12.8 Å². The van der Waals surface area contributed by atoms with Crippen LogP contribution in [-0.4, -0.2) is 58.1 Å². The first-order chi connectivity index (χ1) is 19.3. The number of fused-ring (bicyclic) bond motifs is 1. The third-order valence-corrected chi connectivity index (χ3v) is 8.58. The lowest BCUT2D eigenvalue weighted by atomic mass is 9.92. The first kappa shape index (κ1) is 25.7. The summed E-state index contributed by atoms with van der Waals surface area (Å²) in [6.45, 7) is 0. The normalized spacial score (nSPS) is 22.1. The lowest BCUT2D eigenvalue weighted by molar-refractivity contribution is -0.115. The minimum absolute atomic E-state index is 0.00741. The highest BCUT2D eigenvalue weighted by atomic mass is 32.2. The fourth-order valence-electron chi connectivity index (χ4n) is 4.82. The van der Waals surface area contributed by atoms with Gasteiger partial charge in [-0.15, -0.1) is 0 Å². The van der Waals surface area contributed by atoms with Crippen LogP contribution in [0.2, 0.25) is 0 Å². The average Bonchev–Trinajstić information content (AvgIpc) is 3.57. The SMILES string of the molecule is N#Cc1ccccc1S(=O)(=O)N[C@H]1CC[C@H](Nc2nc(NC3CC3)n3ncc(/C=C4\NC(=O)NC4=O)c3n2)CC1. The van der Waals surface area contributed by atoms with Gasteiger partial charge in [0.15, 0.2) is 5.65 Å². The molecule has 3 amide bonds. The second-order valence-corrected chi connectivity index (χ2v) is 11.7. The van der Waals surface area contributed by atoms with Gasteiger partial charge in [-0.3, -0.25) is 10.1 Å². The van der Waals surface area contributed by atoms with Crippen LogP contribution in [0, 0.1) is 11.3 Å². The van der Waals surface area contributed by atoms with Crippen molar-refractivity contribution < 1.29 is 18.0 Å². The molecule has 2 aliphatic carbocycles. The summed E-state index contributed by atoms with van der Waals surface area (Å²) in [5, 5.41) is 25.0. The molecular weight excluding hydrogens is 536 g/mol. The number of hydrogen-bond acceptors (Lipinski definition) is 10. The number of hydrogen-bond donors (Lipinski definition) is 5. The second-order valence-electron chi connectivity index (χ2n) is 10.0. The summed E-state index contributed by atoms with van der Waals surface area (Å²) >= 11 is 0. The number of sulfonamides is 1. The van der Waals surface area contributed by atoms with Crippen LogP contribution in [0.5, 0.6) is 0 Å². The van der Waals surface area contributed by atoms with Crippen molar-refractivity contribution in [3.63, 3.8) is 0 Å². The van der Waals surface area contributed by atoms with Gasteiger partial charge in [-0.25, -0.2) is 17.9 Å². The first-order valence-corrected chi connectivity index (χ1v) is 14.4. The third-order valence-electron chi connectivity index (χ3n) is 7.00. The van der Waals surface area contributed by atoms with Crippen LogP contribution in [0.25, 0.3) is 11.7 Å². The fourth-order valence-corrected chi connectivity index (χ4v) is 6.28. The highest BCUT2D eigenvalue weighted by Crippen LogP contribution is 2.28. The molecule has 206 valence electrons. The minimum atomic E-state index is -3.83. The van der Waals surface area contributed by atoms with Crippen molar-refractivity contribution in [2.45, 2.75) is 61.5 Å². The Hall–Kier alpha value is -4.55. The van der Waals surface area contributed by atoms with Gasteiger partial charge in [-0.2, -0.15) is 24.8 Å². The van der Waals surface area contributed by atoms with Gasteiger partial charge in [0.05, 0.1) is 16.7 Å². The molecule has 3 aromatic rings. The van der Waals surface area contributed by atoms with E-state index in [1.165, 1.54) is 18.2 Å². The van der Waals surface area contributed by atoms with Crippen LogP contribution in [-0.2, 0) is 14.8 Å². The first-order valence-electron chi connectivity index (χ1n) is 12.9. The Bertz CT molecular complexity index is 1680. The van der Waals surface area contributed by atoms with Gasteiger partial charge in [-0.05, 0) is 56.7 Å². The summed E-state index contributed by atoms with van der Waals surface area (Å²) in [6, 6.07) is 7.54. The molecule has 5 N–H and O–H groups in total. The quantitative estimate of drug-likeness (QED) is 0.198. The van der Waals surface area contributed by atoms with E-state index in [1.807, 2.05) is 6.07 Å². The molecule has 40 heavy (non-hydrogen) atoms. The van der Waals surface area contributed by atoms with Crippen LogP contribution >= 0.6 is 0 Å². The van der Waals surface area contributed by atoms with E-state index in [4.69, 9.17) is 0 Å². The summed E-state index contributed by atoms with van der Waals surface area (Å²) < 4.78 is 30.1. The number of rotatable bonds is 8. The number of nitrogens with one attached hydrogen (secondary N) is 5. The van der Waals surface area contributed by atoms with Crippen molar-refractivity contribution in [1.29, 1.82) is 5.26 Å². The van der Waals surface area contributed by atoms with Crippen LogP contribution < -0.4 is 26.0 Å². The number of anilines is 2. The molecular formula is C25H26N10O4S. The van der Waals surface area contributed by atoms with Gasteiger partial charge in [0.1, 0.15) is 11.8 Å². The molecule has 2 saturated carbocycles. The molecule has 0 atom stereocenters. The molecule has 0 spiro atoms. The summed E-state index contributed by atoms with van der Waals surface area (Å²) in [7, 11) is -3.83. The summed E-state index contributed by atoms with van der Waals surface area (Å²) in [5.41, 5.74) is 1.20. The molecule has 1 saturated heterocycles. The van der Waals surface area contributed by atoms with Crippen molar-refractivity contribution in [1.82, 2.24) is 34.9 Å². The largest absolute Gasteiger partial charge is 0.351 e. The Labute approximate surface area is 229 Å². The van der Waals surface area contributed by atoms with Crippen molar-refractivity contribution in [2.24, 2.45) is 0 Å². The predicted molar refractivity (Wildman–Crippen MR) is 143 cm³/mol. The van der Waals surface area contributed by atoms with Gasteiger partial charge >= 0.3 is 6.03 Å². The van der Waals surface area contributed by atoms with Crippen molar-refractivity contribution >= 4 is 45.6 Å². The molecule has 2 aromatic heterocycles. The van der Waals surface area contributed by atoms with E-state index in [2.05, 4.69) is 41.1 Å². The molecule has 6 rings (SSSR count). The summed E-state index contributed by atoms with van der Waals surface area (Å²) in [6.07, 6.45) is 7.67. The average molecular weight is 563 g/mol. The molecule has 3 heterocycles. The molecule has 3 aliphatic rings. The number of nitriles is 1. The van der Waals surface area contributed by atoms with Crippen LogP contribution in [0.1, 0.15) is 49.7 Å². The van der Waals surface area contributed by atoms with E-state index in [1.54, 1.807) is 22.8 Å². The van der Waals surface area contributed by atoms with Crippen LogP contribution in [0.4, 0.5) is 16.7 Å². The molecule has 0 radical (unpaired) electrons. The molecule has 1 aliphatic heterocycles. The second kappa shape index (κ2) is 10.2. The Morgan fingerprint density at radius 3 is 2.38 bits per heavy atom. The number of carbonyl (C=O) groups is 2. The standard InChI is InChI=1S/C25H26N10O4S/c26-12-14-3-1-2-4-20(14)40(38,39)34-18-9-7-16(8-10-18)28-23-31-21-15(11-19-22(36)32-25(37)30-19)13-27-35(21)24(33-23)29-17-5-6-17/h1-4,11,13,16-18,34H,5-10H2,(H2,28,29,31,33)(H2,30,32,36,37)/b19-11-/t16-,18-. The monoisotopic (exact) mass is 562 g/mol. The van der Waals surface area contributed by atoms with E-state index in [-0.39, 0.29) is 28.2 Å². The van der Waals surface area contributed by atoms with E-state index in [0.29, 0.717) is 54.8 Å². The van der Waals surface area contributed by atoms with Crippen molar-refractivity contribution in [3.8, 4) is 6.07 Å². The summed E-state index contributed by atoms with van der Waals surface area (Å²) in [4.78, 5) is 32.8. The highest BCUT2D eigenvalue weighted by Gasteiger charge is 2.29. The zero-order valence-electron chi connectivity index (χ0n) is 21.2. The number of benzene rings is 1. The molecule has 3 fully saturated rings. The lowest BCUT2D eigenvalue weighted by Gasteiger charge is -2.29. The Morgan fingerprint density at radius 2 is 1.68 bits per heavy atom. The number of urea groups is 1. The van der Waals surface area contributed by atoms with Crippen LogP contribution in [0.3, 0.4) is 0 Å². The molecule has 0 bridgehead atoms. The zero-order chi connectivity index (χ0) is 27.9. The smallest absolute Gasteiger partial charge is 0.326 e. The Kier molecular flexibility index (Phi) is 6.56. The highest BCUT2D eigenvalue weighted by molar-refractivity contribution is 7.89. The number of imide groups is 1.